The zero-order chi connectivity index (χ0) is 17.6. The van der Waals surface area contributed by atoms with E-state index in [0.29, 0.717) is 18.3 Å². The molecular formula is C18H28Cl2N6O. The Kier molecular flexibility index (Phi) is 9.55. The molecule has 1 aliphatic heterocycles. The smallest absolute Gasteiger partial charge is 0.275 e. The summed E-state index contributed by atoms with van der Waals surface area (Å²) in [7, 11) is 3.84. The Balaban J connectivity index is 0.00000182. The Morgan fingerprint density at radius 3 is 2.48 bits per heavy atom. The van der Waals surface area contributed by atoms with Crippen molar-refractivity contribution >= 4 is 36.4 Å². The fourth-order valence-electron chi connectivity index (χ4n) is 3.03. The maximum Gasteiger partial charge on any atom is 0.275 e. The summed E-state index contributed by atoms with van der Waals surface area (Å²) >= 11 is 0. The average molecular weight is 415 g/mol. The number of aromatic nitrogens is 3. The van der Waals surface area contributed by atoms with Crippen LogP contribution in [0.3, 0.4) is 0 Å². The van der Waals surface area contributed by atoms with E-state index in [-0.39, 0.29) is 30.7 Å². The van der Waals surface area contributed by atoms with Gasteiger partial charge in [-0.2, -0.15) is 0 Å². The van der Waals surface area contributed by atoms with E-state index in [4.69, 9.17) is 0 Å². The largest absolute Gasteiger partial charge is 0.373 e. The van der Waals surface area contributed by atoms with Crippen LogP contribution in [0.5, 0.6) is 0 Å². The van der Waals surface area contributed by atoms with Gasteiger partial charge in [-0.1, -0.05) is 23.4 Å². The third-order valence-electron chi connectivity index (χ3n) is 4.73. The number of nitrogens with one attached hydrogen (secondary N) is 1. The summed E-state index contributed by atoms with van der Waals surface area (Å²) in [5.74, 6) is -0.0818. The molecule has 2 aromatic rings. The molecule has 150 valence electrons. The number of para-hydroxylation sites is 1. The van der Waals surface area contributed by atoms with E-state index in [1.54, 1.807) is 11.1 Å². The minimum atomic E-state index is -0.0818. The number of anilines is 1. The van der Waals surface area contributed by atoms with E-state index >= 15 is 0 Å². The maximum absolute atomic E-state index is 12.6. The maximum atomic E-state index is 12.6. The highest BCUT2D eigenvalue weighted by Gasteiger charge is 2.20. The first-order valence-electron chi connectivity index (χ1n) is 8.79. The average Bonchev–Trinajstić information content (AvgIpc) is 3.16. The third kappa shape index (κ3) is 6.09. The third-order valence-corrected chi connectivity index (χ3v) is 4.73. The van der Waals surface area contributed by atoms with Crippen molar-refractivity contribution < 1.29 is 4.79 Å². The monoisotopic (exact) mass is 414 g/mol. The Labute approximate surface area is 172 Å². The number of hydrogen-bond donors (Lipinski definition) is 1. The van der Waals surface area contributed by atoms with Gasteiger partial charge in [0.2, 0.25) is 0 Å². The number of halogens is 2. The molecule has 7 nitrogen and oxygen atoms in total. The number of amides is 1. The van der Waals surface area contributed by atoms with Crippen LogP contribution >= 0.6 is 24.8 Å². The van der Waals surface area contributed by atoms with Crippen LogP contribution in [0.2, 0.25) is 0 Å². The lowest BCUT2D eigenvalue weighted by Crippen LogP contribution is -2.35. The fraction of sp³-hybridized carbons (Fsp3) is 0.500. The summed E-state index contributed by atoms with van der Waals surface area (Å²) in [4.78, 5) is 16.4. The van der Waals surface area contributed by atoms with Crippen molar-refractivity contribution in [1.82, 2.24) is 25.2 Å². The summed E-state index contributed by atoms with van der Waals surface area (Å²) in [6.07, 6.45) is 3.83. The molecule has 1 aliphatic rings. The Morgan fingerprint density at radius 2 is 1.81 bits per heavy atom. The molecule has 9 heteroatoms. The molecule has 0 atom stereocenters. The predicted octanol–water partition coefficient (Wildman–Crippen LogP) is 2.25. The number of rotatable bonds is 6. The molecule has 1 aromatic heterocycles. The lowest BCUT2D eigenvalue weighted by atomic mass is 10.1. The topological polar surface area (TPSA) is 66.3 Å². The molecule has 1 saturated heterocycles. The van der Waals surface area contributed by atoms with Crippen LogP contribution in [0.1, 0.15) is 29.4 Å². The van der Waals surface area contributed by atoms with Crippen molar-refractivity contribution in [3.05, 3.63) is 42.2 Å². The van der Waals surface area contributed by atoms with Gasteiger partial charge < -0.3 is 15.1 Å². The summed E-state index contributed by atoms with van der Waals surface area (Å²) in [5, 5.41) is 11.6. The van der Waals surface area contributed by atoms with Gasteiger partial charge in [-0.25, -0.2) is 4.68 Å². The molecule has 0 spiro atoms. The summed E-state index contributed by atoms with van der Waals surface area (Å²) in [5.41, 5.74) is 1.56. The van der Waals surface area contributed by atoms with E-state index in [2.05, 4.69) is 32.7 Å². The summed E-state index contributed by atoms with van der Waals surface area (Å²) in [6.45, 7) is 3.36. The first-order valence-corrected chi connectivity index (χ1v) is 8.79. The molecule has 0 aliphatic carbocycles. The first-order chi connectivity index (χ1) is 12.1. The number of piperidine rings is 1. The van der Waals surface area contributed by atoms with Gasteiger partial charge >= 0.3 is 0 Å². The van der Waals surface area contributed by atoms with Gasteiger partial charge in [-0.15, -0.1) is 29.9 Å². The van der Waals surface area contributed by atoms with E-state index in [1.807, 2.05) is 37.0 Å². The normalized spacial score (nSPS) is 14.0. The number of carbonyl (C=O) groups is 1. The van der Waals surface area contributed by atoms with E-state index in [0.717, 1.165) is 38.2 Å². The number of hydrogen-bond acceptors (Lipinski definition) is 5. The van der Waals surface area contributed by atoms with E-state index in [1.165, 1.54) is 0 Å². The lowest BCUT2D eigenvalue weighted by Gasteiger charge is -2.23. The molecular weight excluding hydrogens is 387 g/mol. The zero-order valence-electron chi connectivity index (χ0n) is 15.7. The summed E-state index contributed by atoms with van der Waals surface area (Å²) in [6, 6.07) is 10.5. The van der Waals surface area contributed by atoms with Crippen molar-refractivity contribution in [3.8, 4) is 0 Å². The van der Waals surface area contributed by atoms with Gasteiger partial charge in [0, 0.05) is 32.9 Å². The summed E-state index contributed by atoms with van der Waals surface area (Å²) < 4.78 is 1.85. The number of benzene rings is 1. The SMILES string of the molecule is CN(CCN(C)c1ccccc1)C(=O)c1cn(C2CCNCC2)nn1.Cl.Cl. The molecule has 3 rings (SSSR count). The minimum Gasteiger partial charge on any atom is -0.373 e. The second-order valence-corrected chi connectivity index (χ2v) is 6.55. The molecule has 1 aromatic carbocycles. The molecule has 1 fully saturated rings. The Bertz CT molecular complexity index is 690. The van der Waals surface area contributed by atoms with Crippen LogP contribution in [0.4, 0.5) is 5.69 Å². The molecule has 2 heterocycles. The highest BCUT2D eigenvalue weighted by Crippen LogP contribution is 2.17. The van der Waals surface area contributed by atoms with Crippen LogP contribution in [0.25, 0.3) is 0 Å². The van der Waals surface area contributed by atoms with Crippen molar-refractivity contribution in [1.29, 1.82) is 0 Å². The van der Waals surface area contributed by atoms with Gasteiger partial charge in [0.05, 0.1) is 12.2 Å². The van der Waals surface area contributed by atoms with Gasteiger partial charge in [-0.05, 0) is 38.1 Å². The van der Waals surface area contributed by atoms with Crippen molar-refractivity contribution in [2.45, 2.75) is 18.9 Å². The van der Waals surface area contributed by atoms with Crippen LogP contribution in [-0.4, -0.2) is 66.1 Å². The van der Waals surface area contributed by atoms with E-state index in [9.17, 15) is 4.79 Å². The second-order valence-electron chi connectivity index (χ2n) is 6.55. The van der Waals surface area contributed by atoms with Gasteiger partial charge in [-0.3, -0.25) is 4.79 Å². The lowest BCUT2D eigenvalue weighted by molar-refractivity contribution is 0.0793. The van der Waals surface area contributed by atoms with Crippen molar-refractivity contribution in [2.75, 3.05) is 45.2 Å². The van der Waals surface area contributed by atoms with Gasteiger partial charge in [0.1, 0.15) is 0 Å². The number of likely N-dealkylation sites (N-methyl/N-ethyl adjacent to an activating group) is 2. The highest BCUT2D eigenvalue weighted by molar-refractivity contribution is 5.91. The number of carbonyl (C=O) groups excluding carboxylic acids is 1. The molecule has 0 radical (unpaired) electrons. The van der Waals surface area contributed by atoms with Crippen LogP contribution in [0, 0.1) is 0 Å². The molecule has 0 bridgehead atoms. The molecule has 27 heavy (non-hydrogen) atoms. The van der Waals surface area contributed by atoms with Crippen molar-refractivity contribution in [3.63, 3.8) is 0 Å². The first kappa shape index (κ1) is 23.2. The van der Waals surface area contributed by atoms with Crippen LogP contribution in [0.15, 0.2) is 36.5 Å². The fourth-order valence-corrected chi connectivity index (χ4v) is 3.03. The van der Waals surface area contributed by atoms with Crippen molar-refractivity contribution in [2.24, 2.45) is 0 Å². The Hall–Kier alpha value is -1.83. The molecule has 0 unspecified atom stereocenters. The number of nitrogens with zero attached hydrogens (tertiary/aromatic N) is 5. The zero-order valence-corrected chi connectivity index (χ0v) is 17.4. The second kappa shape index (κ2) is 11.1. The van der Waals surface area contributed by atoms with Gasteiger partial charge in [0.25, 0.3) is 5.91 Å². The molecule has 0 saturated carbocycles. The Morgan fingerprint density at radius 1 is 1.15 bits per heavy atom. The van der Waals surface area contributed by atoms with E-state index < -0.39 is 0 Å². The minimum absolute atomic E-state index is 0. The standard InChI is InChI=1S/C18H26N6O.2ClH/c1-22(15-6-4-3-5-7-15)12-13-23(2)18(25)17-14-24(21-20-17)16-8-10-19-11-9-16;;/h3-7,14,16,19H,8-13H2,1-2H3;2*1H. The predicted molar refractivity (Wildman–Crippen MR) is 112 cm³/mol. The van der Waals surface area contributed by atoms with Crippen LogP contribution < -0.4 is 10.2 Å². The quantitative estimate of drug-likeness (QED) is 0.784. The van der Waals surface area contributed by atoms with Gasteiger partial charge in [0.15, 0.2) is 5.69 Å². The molecule has 1 N–H and O–H groups in total. The molecule has 1 amide bonds. The van der Waals surface area contributed by atoms with Crippen LogP contribution in [-0.2, 0) is 0 Å². The highest BCUT2D eigenvalue weighted by atomic mass is 35.5.